The Labute approximate surface area is 209 Å². The molecule has 0 aromatic carbocycles. The number of fused-ring (bicyclic) bond motifs is 5. The molecule has 0 aliphatic heterocycles. The van der Waals surface area contributed by atoms with Crippen LogP contribution < -0.4 is 5.73 Å². The summed E-state index contributed by atoms with van der Waals surface area (Å²) in [6, 6.07) is 2.05. The van der Waals surface area contributed by atoms with Gasteiger partial charge in [-0.1, -0.05) is 55.7 Å². The van der Waals surface area contributed by atoms with E-state index in [1.807, 2.05) is 25.3 Å². The number of hydrogen-bond acceptors (Lipinski definition) is 4. The predicted molar refractivity (Wildman–Crippen MR) is 140 cm³/mol. The number of ketones is 2. The molecule has 184 valence electrons. The molecule has 1 aromatic rings. The number of pyridine rings is 1. The molecule has 4 aliphatic rings. The number of carbonyl (C=O) groups is 2. The summed E-state index contributed by atoms with van der Waals surface area (Å²) in [6.45, 7) is 8.27. The Balaban J connectivity index is 0.000000414. The average molecular weight is 483 g/mol. The van der Waals surface area contributed by atoms with Crippen molar-refractivity contribution in [1.29, 1.82) is 0 Å². The Morgan fingerprint density at radius 3 is 2.50 bits per heavy atom. The minimum absolute atomic E-state index is 0.0928. The molecule has 34 heavy (non-hydrogen) atoms. The second kappa shape index (κ2) is 10.7. The Hall–Kier alpha value is -2.04. The molecule has 4 atom stereocenters. The van der Waals surface area contributed by atoms with Crippen LogP contribution in [0.25, 0.3) is 5.57 Å². The average Bonchev–Trinajstić information content (AvgIpc) is 3.18. The maximum Gasteiger partial charge on any atom is 0.155 e. The molecule has 1 heterocycles. The molecular formula is C29H39ClN2O2. The SMILES string of the molecule is CC12CCC3C(CCC4=CC(=O)CCC43C)C1=CC=C2c1cncc(Cl)c1.CCC(C)=O.CN. The van der Waals surface area contributed by atoms with E-state index in [-0.39, 0.29) is 16.6 Å². The van der Waals surface area contributed by atoms with Crippen molar-refractivity contribution in [2.75, 3.05) is 7.05 Å². The lowest BCUT2D eigenvalue weighted by molar-refractivity contribution is -0.117. The fourth-order valence-electron chi connectivity index (χ4n) is 6.53. The summed E-state index contributed by atoms with van der Waals surface area (Å²) in [5.74, 6) is 1.87. The second-order valence-electron chi connectivity index (χ2n) is 10.3. The van der Waals surface area contributed by atoms with E-state index in [0.29, 0.717) is 29.1 Å². The number of hydrogen-bond donors (Lipinski definition) is 1. The minimum Gasteiger partial charge on any atom is -0.333 e. The zero-order valence-electron chi connectivity index (χ0n) is 21.3. The molecule has 2 N–H and O–H groups in total. The van der Waals surface area contributed by atoms with E-state index in [4.69, 9.17) is 11.6 Å². The number of rotatable bonds is 2. The van der Waals surface area contributed by atoms with Crippen LogP contribution in [0.4, 0.5) is 0 Å². The van der Waals surface area contributed by atoms with Gasteiger partial charge in [-0.3, -0.25) is 9.78 Å². The number of nitrogens with zero attached hydrogens (tertiary/aromatic N) is 1. The van der Waals surface area contributed by atoms with Gasteiger partial charge in [0.05, 0.1) is 5.02 Å². The van der Waals surface area contributed by atoms with E-state index in [2.05, 4.69) is 36.7 Å². The fraction of sp³-hybridized carbons (Fsp3) is 0.552. The molecule has 4 aliphatic carbocycles. The van der Waals surface area contributed by atoms with Crippen molar-refractivity contribution in [2.24, 2.45) is 28.4 Å². The largest absolute Gasteiger partial charge is 0.333 e. The summed E-state index contributed by atoms with van der Waals surface area (Å²) in [4.78, 5) is 26.1. The van der Waals surface area contributed by atoms with Gasteiger partial charge in [0.2, 0.25) is 0 Å². The Morgan fingerprint density at radius 2 is 1.85 bits per heavy atom. The standard InChI is InChI=1S/C24H26ClNO.C4H8O.CH5N/c1-23-9-7-18(27)12-16(23)3-4-19-21-6-5-20(15-11-17(25)14-26-13-15)24(21,2)10-8-22(19)23;1-3-4(2)5;1-2/h5-6,11-14,19,22H,3-4,7-10H2,1-2H3;3H2,1-2H3;2H2,1H3. The summed E-state index contributed by atoms with van der Waals surface area (Å²) in [5.41, 5.74) is 10.4. The Kier molecular flexibility index (Phi) is 8.36. The normalized spacial score (nSPS) is 31.1. The number of carbonyl (C=O) groups excluding carboxylic acids is 2. The van der Waals surface area contributed by atoms with Crippen molar-refractivity contribution in [3.63, 3.8) is 0 Å². The van der Waals surface area contributed by atoms with Crippen molar-refractivity contribution in [1.82, 2.24) is 4.98 Å². The van der Waals surface area contributed by atoms with E-state index in [0.717, 1.165) is 31.2 Å². The van der Waals surface area contributed by atoms with Crippen molar-refractivity contribution in [2.45, 2.75) is 72.6 Å². The molecule has 0 bridgehead atoms. The highest BCUT2D eigenvalue weighted by molar-refractivity contribution is 6.30. The summed E-state index contributed by atoms with van der Waals surface area (Å²) >= 11 is 6.22. The van der Waals surface area contributed by atoms with Crippen molar-refractivity contribution in [3.8, 4) is 0 Å². The molecule has 4 unspecified atom stereocenters. The van der Waals surface area contributed by atoms with Gasteiger partial charge in [0.1, 0.15) is 5.78 Å². The minimum atomic E-state index is 0.0928. The first-order valence-electron chi connectivity index (χ1n) is 12.5. The van der Waals surface area contributed by atoms with Crippen molar-refractivity contribution in [3.05, 3.63) is 58.4 Å². The molecule has 5 rings (SSSR count). The molecule has 0 saturated heterocycles. The zero-order chi connectivity index (χ0) is 25.1. The maximum atomic E-state index is 12.0. The van der Waals surface area contributed by atoms with Gasteiger partial charge in [0.15, 0.2) is 5.78 Å². The van der Waals surface area contributed by atoms with Crippen LogP contribution in [-0.4, -0.2) is 23.6 Å². The monoisotopic (exact) mass is 482 g/mol. The summed E-state index contributed by atoms with van der Waals surface area (Å²) in [6.07, 6.45) is 17.4. The van der Waals surface area contributed by atoms with Crippen LogP contribution in [0.5, 0.6) is 0 Å². The molecule has 2 fully saturated rings. The first-order chi connectivity index (χ1) is 16.2. The number of allylic oxidation sites excluding steroid dienone is 6. The van der Waals surface area contributed by atoms with Crippen LogP contribution in [0.1, 0.15) is 78.2 Å². The Bertz CT molecular complexity index is 1040. The number of Topliss-reactive ketones (excluding diaryl/α,β-unsaturated/α-hetero) is 1. The highest BCUT2D eigenvalue weighted by atomic mass is 35.5. The molecular weight excluding hydrogens is 444 g/mol. The lowest BCUT2D eigenvalue weighted by Crippen LogP contribution is -2.47. The topological polar surface area (TPSA) is 73.0 Å². The molecule has 1 aromatic heterocycles. The fourth-order valence-corrected chi connectivity index (χ4v) is 6.70. The van der Waals surface area contributed by atoms with E-state index >= 15 is 0 Å². The van der Waals surface area contributed by atoms with Gasteiger partial charge in [-0.2, -0.15) is 0 Å². The van der Waals surface area contributed by atoms with Gasteiger partial charge >= 0.3 is 0 Å². The van der Waals surface area contributed by atoms with Gasteiger partial charge in [-0.25, -0.2) is 0 Å². The molecule has 0 radical (unpaired) electrons. The van der Waals surface area contributed by atoms with Crippen LogP contribution in [0.2, 0.25) is 5.02 Å². The van der Waals surface area contributed by atoms with Gasteiger partial charge in [-0.15, -0.1) is 0 Å². The van der Waals surface area contributed by atoms with E-state index in [1.165, 1.54) is 31.0 Å². The van der Waals surface area contributed by atoms with Gasteiger partial charge in [0, 0.05) is 30.7 Å². The summed E-state index contributed by atoms with van der Waals surface area (Å²) in [5, 5.41) is 0.700. The molecule has 0 spiro atoms. The summed E-state index contributed by atoms with van der Waals surface area (Å²) < 4.78 is 0. The third-order valence-corrected chi connectivity index (χ3v) is 8.72. The quantitative estimate of drug-likeness (QED) is 0.506. The van der Waals surface area contributed by atoms with Gasteiger partial charge < -0.3 is 10.5 Å². The number of halogens is 1. The highest BCUT2D eigenvalue weighted by Gasteiger charge is 2.54. The van der Waals surface area contributed by atoms with Crippen LogP contribution in [-0.2, 0) is 9.59 Å². The second-order valence-corrected chi connectivity index (χ2v) is 10.8. The summed E-state index contributed by atoms with van der Waals surface area (Å²) in [7, 11) is 1.50. The van der Waals surface area contributed by atoms with Crippen LogP contribution in [0.3, 0.4) is 0 Å². The molecule has 5 heteroatoms. The van der Waals surface area contributed by atoms with Gasteiger partial charge in [-0.05, 0) is 86.6 Å². The van der Waals surface area contributed by atoms with Crippen molar-refractivity contribution >= 4 is 28.7 Å². The number of aromatic nitrogens is 1. The van der Waals surface area contributed by atoms with E-state index in [1.54, 1.807) is 18.7 Å². The number of nitrogens with two attached hydrogens (primary N) is 1. The molecule has 0 amide bonds. The first kappa shape index (κ1) is 26.6. The highest BCUT2D eigenvalue weighted by Crippen LogP contribution is 2.65. The lowest BCUT2D eigenvalue weighted by atomic mass is 9.48. The lowest BCUT2D eigenvalue weighted by Gasteiger charge is -2.56. The van der Waals surface area contributed by atoms with E-state index < -0.39 is 0 Å². The first-order valence-corrected chi connectivity index (χ1v) is 12.9. The molecule has 4 nitrogen and oxygen atoms in total. The van der Waals surface area contributed by atoms with Crippen LogP contribution >= 0.6 is 11.6 Å². The van der Waals surface area contributed by atoms with Crippen molar-refractivity contribution < 1.29 is 9.59 Å². The third kappa shape index (κ3) is 4.85. The zero-order valence-corrected chi connectivity index (χ0v) is 22.0. The van der Waals surface area contributed by atoms with Crippen LogP contribution in [0, 0.1) is 22.7 Å². The smallest absolute Gasteiger partial charge is 0.155 e. The van der Waals surface area contributed by atoms with E-state index in [9.17, 15) is 9.59 Å². The van der Waals surface area contributed by atoms with Crippen LogP contribution in [0.15, 0.2) is 47.8 Å². The van der Waals surface area contributed by atoms with Gasteiger partial charge in [0.25, 0.3) is 0 Å². The maximum absolute atomic E-state index is 12.0. The third-order valence-electron chi connectivity index (χ3n) is 8.52. The Morgan fingerprint density at radius 1 is 1.15 bits per heavy atom. The predicted octanol–water partition coefficient (Wildman–Crippen LogP) is 6.74. The molecule has 2 saturated carbocycles.